The smallest absolute Gasteiger partial charge is 0.197 e. The van der Waals surface area contributed by atoms with Crippen LogP contribution in [0.3, 0.4) is 0 Å². The number of nitrogens with two attached hydrogens (primary N) is 1. The lowest BCUT2D eigenvalue weighted by atomic mass is 10.2. The summed E-state index contributed by atoms with van der Waals surface area (Å²) in [6, 6.07) is 3.84. The molecule has 2 aromatic rings. The molecule has 0 saturated carbocycles. The van der Waals surface area contributed by atoms with Crippen molar-refractivity contribution in [3.63, 3.8) is 0 Å². The Morgan fingerprint density at radius 3 is 2.53 bits per heavy atom. The van der Waals surface area contributed by atoms with Gasteiger partial charge in [-0.05, 0) is 25.5 Å². The maximum atomic E-state index is 5.88. The molecular formula is C13H17N3O. The van der Waals surface area contributed by atoms with Crippen LogP contribution in [-0.2, 0) is 12.8 Å². The summed E-state index contributed by atoms with van der Waals surface area (Å²) in [5, 5.41) is 0. The molecule has 4 heteroatoms. The van der Waals surface area contributed by atoms with Crippen molar-refractivity contribution in [2.45, 2.75) is 33.6 Å². The minimum atomic E-state index is 0.529. The van der Waals surface area contributed by atoms with Gasteiger partial charge < -0.3 is 10.2 Å². The molecule has 0 aliphatic carbocycles. The van der Waals surface area contributed by atoms with Gasteiger partial charge in [-0.15, -0.1) is 0 Å². The van der Waals surface area contributed by atoms with Crippen molar-refractivity contribution in [2.24, 2.45) is 0 Å². The van der Waals surface area contributed by atoms with Gasteiger partial charge in [0.2, 0.25) is 0 Å². The molecule has 2 aromatic heterocycles. The first-order valence-corrected chi connectivity index (χ1v) is 5.87. The van der Waals surface area contributed by atoms with Crippen LogP contribution in [0.1, 0.15) is 30.9 Å². The quantitative estimate of drug-likeness (QED) is 0.882. The number of rotatable bonds is 3. The highest BCUT2D eigenvalue weighted by molar-refractivity contribution is 5.53. The van der Waals surface area contributed by atoms with Crippen molar-refractivity contribution in [2.75, 3.05) is 5.73 Å². The van der Waals surface area contributed by atoms with Crippen LogP contribution in [0.4, 0.5) is 5.82 Å². The fourth-order valence-corrected chi connectivity index (χ4v) is 1.72. The molecule has 2 N–H and O–H groups in total. The SMILES string of the molecule is CCc1ccc(-c2nc(N)c(C)c(CC)n2)o1. The third kappa shape index (κ3) is 2.16. The van der Waals surface area contributed by atoms with E-state index in [4.69, 9.17) is 10.2 Å². The lowest BCUT2D eigenvalue weighted by Crippen LogP contribution is -2.03. The number of furan rings is 1. The molecule has 90 valence electrons. The predicted molar refractivity (Wildman–Crippen MR) is 67.6 cm³/mol. The van der Waals surface area contributed by atoms with Gasteiger partial charge in [0.15, 0.2) is 11.6 Å². The number of hydrogen-bond acceptors (Lipinski definition) is 4. The third-order valence-corrected chi connectivity index (χ3v) is 2.85. The summed E-state index contributed by atoms with van der Waals surface area (Å²) < 4.78 is 5.63. The topological polar surface area (TPSA) is 64.9 Å². The average Bonchev–Trinajstić information content (AvgIpc) is 2.81. The van der Waals surface area contributed by atoms with Gasteiger partial charge in [0.25, 0.3) is 0 Å². The molecule has 0 aromatic carbocycles. The number of aromatic nitrogens is 2. The van der Waals surface area contributed by atoms with Crippen LogP contribution in [0.5, 0.6) is 0 Å². The van der Waals surface area contributed by atoms with Crippen LogP contribution in [0.25, 0.3) is 11.6 Å². The van der Waals surface area contributed by atoms with E-state index in [1.54, 1.807) is 0 Å². The average molecular weight is 231 g/mol. The number of nitrogens with zero attached hydrogens (tertiary/aromatic N) is 2. The molecule has 2 rings (SSSR count). The Hall–Kier alpha value is -1.84. The van der Waals surface area contributed by atoms with Crippen molar-refractivity contribution in [1.29, 1.82) is 0 Å². The molecule has 17 heavy (non-hydrogen) atoms. The highest BCUT2D eigenvalue weighted by Crippen LogP contribution is 2.22. The van der Waals surface area contributed by atoms with E-state index >= 15 is 0 Å². The molecule has 0 amide bonds. The van der Waals surface area contributed by atoms with Gasteiger partial charge >= 0.3 is 0 Å². The standard InChI is InChI=1S/C13H17N3O/c1-4-9-6-7-11(17-9)13-15-10(5-2)8(3)12(14)16-13/h6-7H,4-5H2,1-3H3,(H2,14,15,16). The second-order valence-electron chi connectivity index (χ2n) is 3.98. The second-order valence-corrected chi connectivity index (χ2v) is 3.98. The summed E-state index contributed by atoms with van der Waals surface area (Å²) in [5.74, 6) is 2.72. The Morgan fingerprint density at radius 1 is 1.18 bits per heavy atom. The zero-order valence-electron chi connectivity index (χ0n) is 10.4. The number of anilines is 1. The van der Waals surface area contributed by atoms with E-state index in [-0.39, 0.29) is 0 Å². The van der Waals surface area contributed by atoms with Gasteiger partial charge in [-0.3, -0.25) is 0 Å². The summed E-state index contributed by atoms with van der Waals surface area (Å²) in [6.45, 7) is 6.04. The van der Waals surface area contributed by atoms with E-state index in [2.05, 4.69) is 16.9 Å². The van der Waals surface area contributed by atoms with Crippen LogP contribution in [0.2, 0.25) is 0 Å². The molecule has 4 nitrogen and oxygen atoms in total. The first-order chi connectivity index (χ1) is 8.15. The van der Waals surface area contributed by atoms with E-state index in [9.17, 15) is 0 Å². The van der Waals surface area contributed by atoms with Crippen LogP contribution < -0.4 is 5.73 Å². The summed E-state index contributed by atoms with van der Waals surface area (Å²) in [5.41, 5.74) is 7.81. The summed E-state index contributed by atoms with van der Waals surface area (Å²) >= 11 is 0. The monoisotopic (exact) mass is 231 g/mol. The molecule has 0 atom stereocenters. The molecule has 0 saturated heterocycles. The fraction of sp³-hybridized carbons (Fsp3) is 0.385. The van der Waals surface area contributed by atoms with Crippen molar-refractivity contribution < 1.29 is 4.42 Å². The molecule has 0 spiro atoms. The first-order valence-electron chi connectivity index (χ1n) is 5.87. The minimum Gasteiger partial charge on any atom is -0.458 e. The number of hydrogen-bond donors (Lipinski definition) is 1. The van der Waals surface area contributed by atoms with Gasteiger partial charge in [0, 0.05) is 17.7 Å². The largest absolute Gasteiger partial charge is 0.458 e. The minimum absolute atomic E-state index is 0.529. The van der Waals surface area contributed by atoms with Crippen molar-refractivity contribution >= 4 is 5.82 Å². The van der Waals surface area contributed by atoms with E-state index in [0.717, 1.165) is 29.9 Å². The Morgan fingerprint density at radius 2 is 1.94 bits per heavy atom. The lowest BCUT2D eigenvalue weighted by molar-refractivity contribution is 0.525. The summed E-state index contributed by atoms with van der Waals surface area (Å²) in [6.07, 6.45) is 1.70. The van der Waals surface area contributed by atoms with Crippen molar-refractivity contribution in [1.82, 2.24) is 9.97 Å². The third-order valence-electron chi connectivity index (χ3n) is 2.85. The summed E-state index contributed by atoms with van der Waals surface area (Å²) in [4.78, 5) is 8.76. The highest BCUT2D eigenvalue weighted by Gasteiger charge is 2.11. The Bertz CT molecular complexity index is 531. The Balaban J connectivity index is 2.48. The lowest BCUT2D eigenvalue weighted by Gasteiger charge is -2.06. The Kier molecular flexibility index (Phi) is 3.13. The molecular weight excluding hydrogens is 214 g/mol. The highest BCUT2D eigenvalue weighted by atomic mass is 16.3. The normalized spacial score (nSPS) is 10.8. The molecule has 0 aliphatic heterocycles. The number of nitrogen functional groups attached to an aromatic ring is 1. The molecule has 0 fully saturated rings. The zero-order valence-corrected chi connectivity index (χ0v) is 10.4. The summed E-state index contributed by atoms with van der Waals surface area (Å²) in [7, 11) is 0. The zero-order chi connectivity index (χ0) is 12.4. The maximum Gasteiger partial charge on any atom is 0.197 e. The second kappa shape index (κ2) is 4.57. The van der Waals surface area contributed by atoms with Gasteiger partial charge in [0.1, 0.15) is 11.6 Å². The van der Waals surface area contributed by atoms with Crippen molar-refractivity contribution in [3.8, 4) is 11.6 Å². The van der Waals surface area contributed by atoms with Gasteiger partial charge in [0.05, 0.1) is 0 Å². The van der Waals surface area contributed by atoms with E-state index in [1.807, 2.05) is 26.0 Å². The first kappa shape index (κ1) is 11.6. The van der Waals surface area contributed by atoms with E-state index in [1.165, 1.54) is 0 Å². The van der Waals surface area contributed by atoms with E-state index < -0.39 is 0 Å². The maximum absolute atomic E-state index is 5.88. The van der Waals surface area contributed by atoms with Crippen LogP contribution in [0, 0.1) is 6.92 Å². The number of aryl methyl sites for hydroxylation is 2. The van der Waals surface area contributed by atoms with Gasteiger partial charge in [-0.2, -0.15) is 0 Å². The predicted octanol–water partition coefficient (Wildman–Crippen LogP) is 2.75. The van der Waals surface area contributed by atoms with Crippen LogP contribution in [0.15, 0.2) is 16.5 Å². The van der Waals surface area contributed by atoms with Crippen LogP contribution >= 0.6 is 0 Å². The van der Waals surface area contributed by atoms with Crippen LogP contribution in [-0.4, -0.2) is 9.97 Å². The molecule has 0 bridgehead atoms. The fourth-order valence-electron chi connectivity index (χ4n) is 1.72. The molecule has 0 unspecified atom stereocenters. The van der Waals surface area contributed by atoms with Gasteiger partial charge in [-0.25, -0.2) is 9.97 Å². The Labute approximate surface area is 101 Å². The molecule has 2 heterocycles. The van der Waals surface area contributed by atoms with E-state index in [0.29, 0.717) is 17.4 Å². The van der Waals surface area contributed by atoms with Gasteiger partial charge in [-0.1, -0.05) is 13.8 Å². The van der Waals surface area contributed by atoms with Crippen molar-refractivity contribution in [3.05, 3.63) is 29.2 Å². The molecule has 0 aliphatic rings. The molecule has 0 radical (unpaired) electrons.